The predicted molar refractivity (Wildman–Crippen MR) is 105 cm³/mol. The number of rotatable bonds is 10. The van der Waals surface area contributed by atoms with Gasteiger partial charge < -0.3 is 16.2 Å². The van der Waals surface area contributed by atoms with Crippen molar-refractivity contribution >= 4 is 35.3 Å². The van der Waals surface area contributed by atoms with Crippen LogP contribution in [0.5, 0.6) is 0 Å². The van der Waals surface area contributed by atoms with E-state index in [0.717, 1.165) is 0 Å². The van der Waals surface area contributed by atoms with Crippen molar-refractivity contribution in [2.24, 2.45) is 5.73 Å². The highest BCUT2D eigenvalue weighted by Crippen LogP contribution is 2.20. The molecular formula is C20H20N2O5S. The topological polar surface area (TPSA) is 127 Å². The lowest BCUT2D eigenvalue weighted by Crippen LogP contribution is -2.41. The number of carboxylic acid groups (broad SMARTS) is 1. The molecule has 0 saturated carbocycles. The van der Waals surface area contributed by atoms with Crippen molar-refractivity contribution < 1.29 is 24.3 Å². The number of carbonyl (C=O) groups excluding carboxylic acids is 3. The van der Waals surface area contributed by atoms with Crippen LogP contribution in [0.1, 0.15) is 33.6 Å². The molecule has 0 aliphatic heterocycles. The summed E-state index contributed by atoms with van der Waals surface area (Å²) in [6.07, 6.45) is -0.231. The summed E-state index contributed by atoms with van der Waals surface area (Å²) < 4.78 is 0. The van der Waals surface area contributed by atoms with Gasteiger partial charge in [-0.2, -0.15) is 0 Å². The van der Waals surface area contributed by atoms with E-state index in [4.69, 9.17) is 5.73 Å². The fourth-order valence-corrected chi connectivity index (χ4v) is 3.22. The minimum Gasteiger partial charge on any atom is -0.480 e. The zero-order chi connectivity index (χ0) is 20.5. The first-order chi connectivity index (χ1) is 13.4. The number of hydrogen-bond donors (Lipinski definition) is 3. The van der Waals surface area contributed by atoms with Crippen LogP contribution in [0.3, 0.4) is 0 Å². The number of amides is 2. The summed E-state index contributed by atoms with van der Waals surface area (Å²) >= 11 is 1.29. The average Bonchev–Trinajstić information content (AvgIpc) is 2.69. The van der Waals surface area contributed by atoms with Gasteiger partial charge in [-0.15, -0.1) is 11.8 Å². The summed E-state index contributed by atoms with van der Waals surface area (Å²) in [6, 6.07) is 14.2. The fraction of sp³-hybridized carbons (Fsp3) is 0.200. The summed E-state index contributed by atoms with van der Waals surface area (Å²) in [4.78, 5) is 47.3. The van der Waals surface area contributed by atoms with Crippen LogP contribution in [-0.2, 0) is 9.59 Å². The first-order valence-corrected chi connectivity index (χ1v) is 9.48. The SMILES string of the molecule is NC(=O)CCC(NC(=O)c1cccc(SCC(=O)c2ccccc2)c1)C(=O)O. The third-order valence-corrected chi connectivity index (χ3v) is 4.84. The molecular weight excluding hydrogens is 380 g/mol. The maximum atomic E-state index is 12.3. The summed E-state index contributed by atoms with van der Waals surface area (Å²) in [7, 11) is 0. The van der Waals surface area contributed by atoms with Gasteiger partial charge in [-0.3, -0.25) is 14.4 Å². The van der Waals surface area contributed by atoms with Gasteiger partial charge in [0.1, 0.15) is 6.04 Å². The Morgan fingerprint density at radius 1 is 1.00 bits per heavy atom. The third kappa shape index (κ3) is 6.55. The molecule has 0 saturated heterocycles. The second-order valence-electron chi connectivity index (χ2n) is 5.97. The normalized spacial score (nSPS) is 11.4. The number of primary amides is 1. The van der Waals surface area contributed by atoms with Crippen LogP contribution in [0.25, 0.3) is 0 Å². The molecule has 0 radical (unpaired) electrons. The van der Waals surface area contributed by atoms with E-state index < -0.39 is 23.8 Å². The molecule has 0 spiro atoms. The maximum Gasteiger partial charge on any atom is 0.326 e. The zero-order valence-corrected chi connectivity index (χ0v) is 15.8. The molecule has 146 valence electrons. The lowest BCUT2D eigenvalue weighted by Gasteiger charge is -2.14. The van der Waals surface area contributed by atoms with E-state index in [2.05, 4.69) is 5.32 Å². The van der Waals surface area contributed by atoms with Gasteiger partial charge in [0.05, 0.1) is 5.75 Å². The number of carbonyl (C=O) groups is 4. The van der Waals surface area contributed by atoms with Gasteiger partial charge in [0, 0.05) is 22.4 Å². The van der Waals surface area contributed by atoms with Gasteiger partial charge in [-0.05, 0) is 24.6 Å². The van der Waals surface area contributed by atoms with E-state index in [1.54, 1.807) is 48.5 Å². The minimum atomic E-state index is -1.24. The van der Waals surface area contributed by atoms with Crippen LogP contribution >= 0.6 is 11.8 Å². The van der Waals surface area contributed by atoms with Gasteiger partial charge in [0.2, 0.25) is 5.91 Å². The Morgan fingerprint density at radius 2 is 1.68 bits per heavy atom. The molecule has 2 amide bonds. The monoisotopic (exact) mass is 400 g/mol. The standard InChI is InChI=1S/C20H20N2O5S/c21-18(24)10-9-16(20(26)27)22-19(25)14-7-4-8-15(11-14)28-12-17(23)13-5-2-1-3-6-13/h1-8,11,16H,9-10,12H2,(H2,21,24)(H,22,25)(H,26,27). The van der Waals surface area contributed by atoms with E-state index in [1.807, 2.05) is 6.07 Å². The third-order valence-electron chi connectivity index (χ3n) is 3.84. The number of thioether (sulfide) groups is 1. The van der Waals surface area contributed by atoms with Crippen molar-refractivity contribution in [3.63, 3.8) is 0 Å². The van der Waals surface area contributed by atoms with Crippen molar-refractivity contribution in [1.29, 1.82) is 0 Å². The van der Waals surface area contributed by atoms with Crippen molar-refractivity contribution in [3.8, 4) is 0 Å². The highest BCUT2D eigenvalue weighted by Gasteiger charge is 2.21. The molecule has 2 aromatic carbocycles. The molecule has 8 heteroatoms. The maximum absolute atomic E-state index is 12.3. The molecule has 0 aliphatic carbocycles. The largest absolute Gasteiger partial charge is 0.480 e. The Morgan fingerprint density at radius 3 is 2.32 bits per heavy atom. The zero-order valence-electron chi connectivity index (χ0n) is 15.0. The van der Waals surface area contributed by atoms with Crippen LogP contribution in [0.15, 0.2) is 59.5 Å². The van der Waals surface area contributed by atoms with E-state index in [0.29, 0.717) is 10.5 Å². The smallest absolute Gasteiger partial charge is 0.326 e. The molecule has 0 heterocycles. The molecule has 0 aliphatic rings. The number of Topliss-reactive ketones (excluding diaryl/α,β-unsaturated/α-hetero) is 1. The Hall–Kier alpha value is -3.13. The molecule has 0 aromatic heterocycles. The molecule has 2 rings (SSSR count). The molecule has 0 bridgehead atoms. The molecule has 1 atom stereocenters. The van der Waals surface area contributed by atoms with Crippen LogP contribution in [-0.4, -0.2) is 40.5 Å². The van der Waals surface area contributed by atoms with Crippen LogP contribution < -0.4 is 11.1 Å². The number of nitrogens with two attached hydrogens (primary N) is 1. The van der Waals surface area contributed by atoms with Crippen LogP contribution in [0, 0.1) is 0 Å². The van der Waals surface area contributed by atoms with Crippen LogP contribution in [0.2, 0.25) is 0 Å². The van der Waals surface area contributed by atoms with Crippen molar-refractivity contribution in [2.45, 2.75) is 23.8 Å². The summed E-state index contributed by atoms with van der Waals surface area (Å²) in [5, 5.41) is 11.6. The summed E-state index contributed by atoms with van der Waals surface area (Å²) in [5.41, 5.74) is 5.91. The molecule has 1 unspecified atom stereocenters. The molecule has 4 N–H and O–H groups in total. The van der Waals surface area contributed by atoms with Gasteiger partial charge in [0.25, 0.3) is 5.91 Å². The minimum absolute atomic E-state index is 0.0298. The Labute approximate surface area is 166 Å². The molecule has 28 heavy (non-hydrogen) atoms. The highest BCUT2D eigenvalue weighted by molar-refractivity contribution is 8.00. The number of aliphatic carboxylic acids is 1. The van der Waals surface area contributed by atoms with Gasteiger partial charge in [-0.25, -0.2) is 4.79 Å². The van der Waals surface area contributed by atoms with E-state index >= 15 is 0 Å². The Balaban J connectivity index is 1.99. The predicted octanol–water partition coefficient (Wildman–Crippen LogP) is 2.11. The van der Waals surface area contributed by atoms with Crippen molar-refractivity contribution in [3.05, 3.63) is 65.7 Å². The van der Waals surface area contributed by atoms with E-state index in [-0.39, 0.29) is 29.9 Å². The number of ketones is 1. The fourth-order valence-electron chi connectivity index (χ4n) is 2.37. The number of carboxylic acids is 1. The van der Waals surface area contributed by atoms with Crippen molar-refractivity contribution in [1.82, 2.24) is 5.32 Å². The summed E-state index contributed by atoms with van der Waals surface area (Å²) in [5.74, 6) is -2.27. The van der Waals surface area contributed by atoms with Crippen LogP contribution in [0.4, 0.5) is 0 Å². The Kier molecular flexibility index (Phi) is 7.76. The number of hydrogen-bond acceptors (Lipinski definition) is 5. The quantitative estimate of drug-likeness (QED) is 0.414. The molecule has 0 fully saturated rings. The first-order valence-electron chi connectivity index (χ1n) is 8.50. The molecule has 2 aromatic rings. The first kappa shape index (κ1) is 21.2. The number of nitrogens with one attached hydrogen (secondary N) is 1. The van der Waals surface area contributed by atoms with Gasteiger partial charge >= 0.3 is 5.97 Å². The van der Waals surface area contributed by atoms with Gasteiger partial charge in [-0.1, -0.05) is 36.4 Å². The Bertz CT molecular complexity index is 870. The summed E-state index contributed by atoms with van der Waals surface area (Å²) in [6.45, 7) is 0. The van der Waals surface area contributed by atoms with E-state index in [9.17, 15) is 24.3 Å². The highest BCUT2D eigenvalue weighted by atomic mass is 32.2. The van der Waals surface area contributed by atoms with E-state index in [1.165, 1.54) is 11.8 Å². The molecule has 7 nitrogen and oxygen atoms in total. The second-order valence-corrected chi connectivity index (χ2v) is 7.02. The van der Waals surface area contributed by atoms with Crippen molar-refractivity contribution in [2.75, 3.05) is 5.75 Å². The average molecular weight is 400 g/mol. The lowest BCUT2D eigenvalue weighted by molar-refractivity contribution is -0.139. The van der Waals surface area contributed by atoms with Gasteiger partial charge in [0.15, 0.2) is 5.78 Å². The lowest BCUT2D eigenvalue weighted by atomic mass is 10.1. The number of benzene rings is 2. The second kappa shape index (κ2) is 10.3.